The summed E-state index contributed by atoms with van der Waals surface area (Å²) in [6.07, 6.45) is 0. The molecule has 0 fully saturated rings. The molecule has 0 spiro atoms. The molecule has 1 aliphatic rings. The van der Waals surface area contributed by atoms with Gasteiger partial charge in [-0.25, -0.2) is 4.79 Å². The lowest BCUT2D eigenvalue weighted by atomic mass is 10.1. The molecular weight excluding hydrogens is 387 g/mol. The van der Waals surface area contributed by atoms with Crippen LogP contribution in [0.2, 0.25) is 15.1 Å². The second-order valence-corrected chi connectivity index (χ2v) is 6.57. The SMILES string of the molecule is CC(=O)O/N=C1\C(=O)N(Cc2ccc(Cl)c(Cl)c2)c2ccc(Cl)cc21. The summed E-state index contributed by atoms with van der Waals surface area (Å²) in [6, 6.07) is 10.1. The Kier molecular flexibility index (Phi) is 4.99. The zero-order valence-corrected chi connectivity index (χ0v) is 15.2. The van der Waals surface area contributed by atoms with Crippen LogP contribution in [0, 0.1) is 0 Å². The molecule has 2 aromatic rings. The maximum Gasteiger partial charge on any atom is 0.332 e. The van der Waals surface area contributed by atoms with Crippen LogP contribution in [0.5, 0.6) is 0 Å². The van der Waals surface area contributed by atoms with Crippen molar-refractivity contribution in [3.63, 3.8) is 0 Å². The highest BCUT2D eigenvalue weighted by Crippen LogP contribution is 2.33. The Morgan fingerprint density at radius 2 is 1.88 bits per heavy atom. The molecule has 0 aromatic heterocycles. The number of hydrogen-bond donors (Lipinski definition) is 0. The van der Waals surface area contributed by atoms with Gasteiger partial charge in [-0.2, -0.15) is 0 Å². The summed E-state index contributed by atoms with van der Waals surface area (Å²) in [5.41, 5.74) is 1.93. The largest absolute Gasteiger partial charge is 0.332 e. The zero-order valence-electron chi connectivity index (χ0n) is 12.9. The Morgan fingerprint density at radius 1 is 1.12 bits per heavy atom. The molecule has 3 rings (SSSR count). The van der Waals surface area contributed by atoms with Crippen molar-refractivity contribution in [2.75, 3.05) is 4.90 Å². The summed E-state index contributed by atoms with van der Waals surface area (Å²) in [7, 11) is 0. The standard InChI is InChI=1S/C17H11Cl3N2O3/c1-9(23)25-21-16-12-7-11(18)3-5-15(12)22(17(16)24)8-10-2-4-13(19)14(20)6-10/h2-7H,8H2,1H3/b21-16-. The van der Waals surface area contributed by atoms with E-state index in [0.717, 1.165) is 5.56 Å². The van der Waals surface area contributed by atoms with Gasteiger partial charge in [-0.15, -0.1) is 0 Å². The van der Waals surface area contributed by atoms with Crippen molar-refractivity contribution in [3.8, 4) is 0 Å². The van der Waals surface area contributed by atoms with Crippen LogP contribution in [0.3, 0.4) is 0 Å². The number of nitrogens with zero attached hydrogens (tertiary/aromatic N) is 2. The Morgan fingerprint density at radius 3 is 2.56 bits per heavy atom. The number of amides is 1. The molecule has 0 N–H and O–H groups in total. The van der Waals surface area contributed by atoms with Crippen molar-refractivity contribution in [2.45, 2.75) is 13.5 Å². The van der Waals surface area contributed by atoms with Crippen LogP contribution in [-0.2, 0) is 21.0 Å². The van der Waals surface area contributed by atoms with E-state index in [9.17, 15) is 9.59 Å². The van der Waals surface area contributed by atoms with Gasteiger partial charge in [-0.3, -0.25) is 4.79 Å². The number of rotatable bonds is 3. The first-order valence-corrected chi connectivity index (χ1v) is 8.31. The van der Waals surface area contributed by atoms with E-state index >= 15 is 0 Å². The first kappa shape index (κ1) is 17.7. The second kappa shape index (κ2) is 7.04. The van der Waals surface area contributed by atoms with Gasteiger partial charge in [0.2, 0.25) is 0 Å². The molecule has 5 nitrogen and oxygen atoms in total. The van der Waals surface area contributed by atoms with Gasteiger partial charge in [-0.05, 0) is 35.9 Å². The molecule has 25 heavy (non-hydrogen) atoms. The molecule has 0 radical (unpaired) electrons. The summed E-state index contributed by atoms with van der Waals surface area (Å²) >= 11 is 18.0. The predicted octanol–water partition coefficient (Wildman–Crippen LogP) is 4.46. The average molecular weight is 398 g/mol. The summed E-state index contributed by atoms with van der Waals surface area (Å²) in [5.74, 6) is -1.02. The molecule has 0 bridgehead atoms. The number of fused-ring (bicyclic) bond motifs is 1. The van der Waals surface area contributed by atoms with E-state index in [4.69, 9.17) is 34.8 Å². The predicted molar refractivity (Wildman–Crippen MR) is 97.4 cm³/mol. The first-order chi connectivity index (χ1) is 11.9. The van der Waals surface area contributed by atoms with Crippen LogP contribution in [0.15, 0.2) is 41.6 Å². The highest BCUT2D eigenvalue weighted by molar-refractivity contribution is 6.54. The van der Waals surface area contributed by atoms with Crippen LogP contribution in [-0.4, -0.2) is 17.6 Å². The Bertz CT molecular complexity index is 912. The van der Waals surface area contributed by atoms with E-state index in [1.165, 1.54) is 11.8 Å². The fourth-order valence-electron chi connectivity index (χ4n) is 2.46. The fourth-order valence-corrected chi connectivity index (χ4v) is 2.95. The second-order valence-electron chi connectivity index (χ2n) is 5.32. The summed E-state index contributed by atoms with van der Waals surface area (Å²) in [6.45, 7) is 1.46. The molecule has 0 saturated heterocycles. The molecule has 2 aromatic carbocycles. The normalized spacial score (nSPS) is 14.8. The van der Waals surface area contributed by atoms with Crippen LogP contribution in [0.25, 0.3) is 0 Å². The van der Waals surface area contributed by atoms with E-state index in [1.807, 2.05) is 0 Å². The van der Waals surface area contributed by atoms with E-state index in [-0.39, 0.29) is 12.3 Å². The lowest BCUT2D eigenvalue weighted by molar-refractivity contribution is -0.140. The molecule has 0 atom stereocenters. The summed E-state index contributed by atoms with van der Waals surface area (Å²) in [4.78, 5) is 29.9. The van der Waals surface area contributed by atoms with Gasteiger partial charge in [0.25, 0.3) is 5.91 Å². The third-order valence-corrected chi connectivity index (χ3v) is 4.52. The number of hydrogen-bond acceptors (Lipinski definition) is 4. The molecule has 0 aliphatic carbocycles. The van der Waals surface area contributed by atoms with Gasteiger partial charge in [0.05, 0.1) is 22.3 Å². The van der Waals surface area contributed by atoms with Crippen LogP contribution in [0.4, 0.5) is 5.69 Å². The average Bonchev–Trinajstić information content (AvgIpc) is 2.80. The van der Waals surface area contributed by atoms with Gasteiger partial charge in [-0.1, -0.05) is 46.0 Å². The number of carbonyl (C=O) groups excluding carboxylic acids is 2. The van der Waals surface area contributed by atoms with E-state index < -0.39 is 11.9 Å². The highest BCUT2D eigenvalue weighted by Gasteiger charge is 2.35. The number of halogens is 3. The highest BCUT2D eigenvalue weighted by atomic mass is 35.5. The van der Waals surface area contributed by atoms with Crippen molar-refractivity contribution < 1.29 is 14.4 Å². The third kappa shape index (κ3) is 3.63. The van der Waals surface area contributed by atoms with Crippen molar-refractivity contribution in [1.82, 2.24) is 0 Å². The minimum atomic E-state index is -0.619. The zero-order chi connectivity index (χ0) is 18.1. The van der Waals surface area contributed by atoms with Gasteiger partial charge in [0.15, 0.2) is 5.71 Å². The minimum Gasteiger partial charge on any atom is -0.318 e. The maximum atomic E-state index is 12.7. The Balaban J connectivity index is 2.00. The smallest absolute Gasteiger partial charge is 0.318 e. The number of carbonyl (C=O) groups is 2. The Hall–Kier alpha value is -2.08. The number of benzene rings is 2. The van der Waals surface area contributed by atoms with Crippen LogP contribution >= 0.6 is 34.8 Å². The van der Waals surface area contributed by atoms with E-state index in [2.05, 4.69) is 9.99 Å². The molecule has 128 valence electrons. The van der Waals surface area contributed by atoms with E-state index in [0.29, 0.717) is 26.3 Å². The molecule has 1 amide bonds. The lowest BCUT2D eigenvalue weighted by Crippen LogP contribution is -2.29. The monoisotopic (exact) mass is 396 g/mol. The third-order valence-electron chi connectivity index (χ3n) is 3.54. The molecule has 0 saturated carbocycles. The lowest BCUT2D eigenvalue weighted by Gasteiger charge is -2.17. The van der Waals surface area contributed by atoms with E-state index in [1.54, 1.807) is 36.4 Å². The number of oxime groups is 1. The van der Waals surface area contributed by atoms with Crippen molar-refractivity contribution in [1.29, 1.82) is 0 Å². The van der Waals surface area contributed by atoms with Gasteiger partial charge < -0.3 is 9.74 Å². The van der Waals surface area contributed by atoms with Gasteiger partial charge in [0.1, 0.15) is 0 Å². The van der Waals surface area contributed by atoms with Crippen molar-refractivity contribution in [3.05, 3.63) is 62.6 Å². The Labute approximate surface area is 158 Å². The van der Waals surface area contributed by atoms with Gasteiger partial charge >= 0.3 is 5.97 Å². The molecule has 0 unspecified atom stereocenters. The maximum absolute atomic E-state index is 12.7. The quantitative estimate of drug-likeness (QED) is 0.567. The molecule has 8 heteroatoms. The molecule has 1 heterocycles. The van der Waals surface area contributed by atoms with Crippen LogP contribution in [0.1, 0.15) is 18.1 Å². The fraction of sp³-hybridized carbons (Fsp3) is 0.118. The summed E-state index contributed by atoms with van der Waals surface area (Å²) < 4.78 is 0. The van der Waals surface area contributed by atoms with Crippen molar-refractivity contribution >= 4 is 58.1 Å². The topological polar surface area (TPSA) is 59.0 Å². The van der Waals surface area contributed by atoms with Crippen LogP contribution < -0.4 is 4.90 Å². The van der Waals surface area contributed by atoms with Gasteiger partial charge in [0, 0.05) is 17.5 Å². The number of anilines is 1. The molecular formula is C17H11Cl3N2O3. The van der Waals surface area contributed by atoms with Crippen molar-refractivity contribution in [2.24, 2.45) is 5.16 Å². The minimum absolute atomic E-state index is 0.0211. The molecule has 1 aliphatic heterocycles. The first-order valence-electron chi connectivity index (χ1n) is 7.18. The summed E-state index contributed by atoms with van der Waals surface area (Å²) in [5, 5.41) is 4.95.